The molecule has 6 nitrogen and oxygen atoms in total. The van der Waals surface area contributed by atoms with Crippen molar-refractivity contribution in [1.82, 2.24) is 9.88 Å². The molecule has 1 heterocycles. The number of nitrogen functional groups attached to an aromatic ring is 1. The number of rotatable bonds is 6. The Kier molecular flexibility index (Phi) is 9.24. The molecule has 0 saturated carbocycles. The predicted molar refractivity (Wildman–Crippen MR) is 76.7 cm³/mol. The molecule has 6 heteroatoms. The van der Waals surface area contributed by atoms with Crippen molar-refractivity contribution in [3.63, 3.8) is 0 Å². The summed E-state index contributed by atoms with van der Waals surface area (Å²) in [6.45, 7) is 6.52. The number of hydrogen-bond donors (Lipinski definition) is 5. The molecule has 0 radical (unpaired) electrons. The Morgan fingerprint density at radius 3 is 1.63 bits per heavy atom. The van der Waals surface area contributed by atoms with Crippen LogP contribution in [0, 0.1) is 0 Å². The SMILES string of the molecule is CC(O)CN(CC(C)O)CC(C)O.Nc1ccc[nH]1. The number of nitrogens with zero attached hydrogens (tertiary/aromatic N) is 1. The van der Waals surface area contributed by atoms with E-state index in [1.165, 1.54) is 0 Å². The van der Waals surface area contributed by atoms with E-state index in [-0.39, 0.29) is 0 Å². The van der Waals surface area contributed by atoms with E-state index in [2.05, 4.69) is 4.98 Å². The fraction of sp³-hybridized carbons (Fsp3) is 0.692. The van der Waals surface area contributed by atoms with Crippen molar-refractivity contribution < 1.29 is 15.3 Å². The zero-order valence-electron chi connectivity index (χ0n) is 12.0. The van der Waals surface area contributed by atoms with Crippen molar-refractivity contribution in [3.05, 3.63) is 18.3 Å². The number of aromatic nitrogens is 1. The average Bonchev–Trinajstić information content (AvgIpc) is 2.66. The average molecular weight is 273 g/mol. The Hall–Kier alpha value is -1.08. The van der Waals surface area contributed by atoms with Gasteiger partial charge in [0.05, 0.1) is 18.3 Å². The smallest absolute Gasteiger partial charge is 0.100 e. The van der Waals surface area contributed by atoms with Crippen molar-refractivity contribution in [2.45, 2.75) is 39.1 Å². The molecular weight excluding hydrogens is 246 g/mol. The lowest BCUT2D eigenvalue weighted by molar-refractivity contribution is 0.0530. The number of H-pyrrole nitrogens is 1. The number of aliphatic hydroxyl groups excluding tert-OH is 3. The fourth-order valence-electron chi connectivity index (χ4n) is 1.69. The van der Waals surface area contributed by atoms with Gasteiger partial charge in [0.1, 0.15) is 5.82 Å². The van der Waals surface area contributed by atoms with Gasteiger partial charge in [-0.2, -0.15) is 0 Å². The number of aliphatic hydroxyl groups is 3. The molecule has 1 rings (SSSR count). The highest BCUT2D eigenvalue weighted by molar-refractivity contribution is 5.26. The molecule has 0 aliphatic rings. The Morgan fingerprint density at radius 2 is 1.47 bits per heavy atom. The van der Waals surface area contributed by atoms with Gasteiger partial charge >= 0.3 is 0 Å². The molecule has 0 aliphatic heterocycles. The van der Waals surface area contributed by atoms with Gasteiger partial charge in [-0.1, -0.05) is 0 Å². The highest BCUT2D eigenvalue weighted by Gasteiger charge is 2.12. The van der Waals surface area contributed by atoms with Crippen LogP contribution in [-0.2, 0) is 0 Å². The number of hydrogen-bond acceptors (Lipinski definition) is 5. The lowest BCUT2D eigenvalue weighted by atomic mass is 10.2. The lowest BCUT2D eigenvalue weighted by Crippen LogP contribution is -2.40. The summed E-state index contributed by atoms with van der Waals surface area (Å²) >= 11 is 0. The molecule has 19 heavy (non-hydrogen) atoms. The van der Waals surface area contributed by atoms with Gasteiger partial charge < -0.3 is 26.0 Å². The monoisotopic (exact) mass is 273 g/mol. The minimum absolute atomic E-state index is 0.433. The maximum Gasteiger partial charge on any atom is 0.100 e. The number of nitrogens with one attached hydrogen (secondary N) is 1. The first-order valence-electron chi connectivity index (χ1n) is 6.46. The van der Waals surface area contributed by atoms with Crippen LogP contribution < -0.4 is 5.73 Å². The highest BCUT2D eigenvalue weighted by atomic mass is 16.3. The molecule has 1 aromatic heterocycles. The van der Waals surface area contributed by atoms with Crippen molar-refractivity contribution in [3.8, 4) is 0 Å². The largest absolute Gasteiger partial charge is 0.392 e. The van der Waals surface area contributed by atoms with Crippen LogP contribution >= 0.6 is 0 Å². The van der Waals surface area contributed by atoms with E-state index >= 15 is 0 Å². The second-order valence-electron chi connectivity index (χ2n) is 4.89. The third-order valence-electron chi connectivity index (χ3n) is 2.19. The first-order valence-corrected chi connectivity index (χ1v) is 6.46. The summed E-state index contributed by atoms with van der Waals surface area (Å²) in [5.41, 5.74) is 5.22. The molecule has 1 aromatic rings. The molecule has 3 atom stereocenters. The molecule has 3 unspecified atom stereocenters. The number of aromatic amines is 1. The maximum absolute atomic E-state index is 9.14. The van der Waals surface area contributed by atoms with Gasteiger partial charge in [-0.15, -0.1) is 0 Å². The van der Waals surface area contributed by atoms with Crippen LogP contribution in [0.4, 0.5) is 5.82 Å². The van der Waals surface area contributed by atoms with Crippen LogP contribution in [0.1, 0.15) is 20.8 Å². The highest BCUT2D eigenvalue weighted by Crippen LogP contribution is 1.97. The topological polar surface area (TPSA) is 106 Å². The van der Waals surface area contributed by atoms with Gasteiger partial charge in [-0.25, -0.2) is 0 Å². The second kappa shape index (κ2) is 9.80. The molecule has 0 amide bonds. The van der Waals surface area contributed by atoms with Gasteiger partial charge in [0.15, 0.2) is 0 Å². The number of nitrogens with two attached hydrogens (primary N) is 1. The van der Waals surface area contributed by atoms with Crippen LogP contribution in [-0.4, -0.2) is 63.1 Å². The van der Waals surface area contributed by atoms with Crippen LogP contribution in [0.15, 0.2) is 18.3 Å². The van der Waals surface area contributed by atoms with Gasteiger partial charge in [0.2, 0.25) is 0 Å². The lowest BCUT2D eigenvalue weighted by Gasteiger charge is -2.25. The molecule has 0 spiro atoms. The van der Waals surface area contributed by atoms with E-state index in [1.54, 1.807) is 33.0 Å². The standard InChI is InChI=1S/C9H21NO3.C4H6N2/c1-7(11)4-10(5-8(2)12)6-9(3)13;5-4-2-1-3-6-4/h7-9,11-13H,4-6H2,1-3H3;1-3,6H,5H2. The van der Waals surface area contributed by atoms with Gasteiger partial charge in [0, 0.05) is 25.8 Å². The van der Waals surface area contributed by atoms with Crippen LogP contribution in [0.2, 0.25) is 0 Å². The summed E-state index contributed by atoms with van der Waals surface area (Å²) in [4.78, 5) is 4.62. The molecule has 0 bridgehead atoms. The maximum atomic E-state index is 9.14. The Morgan fingerprint density at radius 1 is 1.05 bits per heavy atom. The Bertz CT molecular complexity index is 276. The molecule has 6 N–H and O–H groups in total. The first kappa shape index (κ1) is 17.9. The first-order chi connectivity index (χ1) is 8.81. The summed E-state index contributed by atoms with van der Waals surface area (Å²) in [5, 5.41) is 27.4. The Labute approximate surface area is 114 Å². The second-order valence-corrected chi connectivity index (χ2v) is 4.89. The molecule has 0 saturated heterocycles. The van der Waals surface area contributed by atoms with Gasteiger partial charge in [-0.3, -0.25) is 4.90 Å². The van der Waals surface area contributed by atoms with E-state index in [4.69, 9.17) is 21.1 Å². The summed E-state index contributed by atoms with van der Waals surface area (Å²) in [6, 6.07) is 3.66. The van der Waals surface area contributed by atoms with E-state index in [0.29, 0.717) is 19.6 Å². The zero-order valence-corrected chi connectivity index (χ0v) is 12.0. The minimum Gasteiger partial charge on any atom is -0.392 e. The molecule has 0 aromatic carbocycles. The van der Waals surface area contributed by atoms with E-state index in [9.17, 15) is 0 Å². The summed E-state index contributed by atoms with van der Waals surface area (Å²) in [5.74, 6) is 0.718. The molecule has 112 valence electrons. The Balaban J connectivity index is 0.000000443. The summed E-state index contributed by atoms with van der Waals surface area (Å²) in [7, 11) is 0. The molecule has 0 fully saturated rings. The van der Waals surface area contributed by atoms with Crippen LogP contribution in [0.25, 0.3) is 0 Å². The quantitative estimate of drug-likeness (QED) is 0.503. The van der Waals surface area contributed by atoms with Crippen LogP contribution in [0.3, 0.4) is 0 Å². The van der Waals surface area contributed by atoms with Crippen molar-refractivity contribution in [2.75, 3.05) is 25.4 Å². The van der Waals surface area contributed by atoms with Crippen molar-refractivity contribution in [2.24, 2.45) is 0 Å². The summed E-state index contributed by atoms with van der Waals surface area (Å²) in [6.07, 6.45) is 0.488. The molecule has 0 aliphatic carbocycles. The normalized spacial score (nSPS) is 15.5. The van der Waals surface area contributed by atoms with Crippen molar-refractivity contribution >= 4 is 5.82 Å². The minimum atomic E-state index is -0.433. The van der Waals surface area contributed by atoms with E-state index in [1.807, 2.05) is 11.0 Å². The fourth-order valence-corrected chi connectivity index (χ4v) is 1.69. The van der Waals surface area contributed by atoms with E-state index in [0.717, 1.165) is 5.82 Å². The third kappa shape index (κ3) is 11.7. The van der Waals surface area contributed by atoms with Crippen LogP contribution in [0.5, 0.6) is 0 Å². The van der Waals surface area contributed by atoms with Gasteiger partial charge in [0.25, 0.3) is 0 Å². The predicted octanol–water partition coefficient (Wildman–Crippen LogP) is 0.0277. The van der Waals surface area contributed by atoms with Gasteiger partial charge in [-0.05, 0) is 32.9 Å². The van der Waals surface area contributed by atoms with Crippen molar-refractivity contribution in [1.29, 1.82) is 0 Å². The molecular formula is C13H27N3O3. The summed E-state index contributed by atoms with van der Waals surface area (Å²) < 4.78 is 0. The third-order valence-corrected chi connectivity index (χ3v) is 2.19. The zero-order chi connectivity index (χ0) is 14.8. The number of anilines is 1. The van der Waals surface area contributed by atoms with E-state index < -0.39 is 18.3 Å².